The van der Waals surface area contributed by atoms with Crippen molar-refractivity contribution in [2.75, 3.05) is 6.54 Å². The van der Waals surface area contributed by atoms with Crippen molar-refractivity contribution in [3.05, 3.63) is 77.4 Å². The molecule has 2 rings (SSSR count). The molecular formula is C19H21N3O3. The molecule has 0 aliphatic carbocycles. The lowest BCUT2D eigenvalue weighted by molar-refractivity contribution is 0.0953. The van der Waals surface area contributed by atoms with Crippen LogP contribution in [0.3, 0.4) is 0 Å². The summed E-state index contributed by atoms with van der Waals surface area (Å²) in [6, 6.07) is 16.5. The number of nitrogen functional groups attached to an aromatic ring is 1. The van der Waals surface area contributed by atoms with Crippen molar-refractivity contribution in [2.24, 2.45) is 5.84 Å². The number of benzene rings is 2. The van der Waals surface area contributed by atoms with Crippen LogP contribution < -0.4 is 16.6 Å². The maximum atomic E-state index is 11.6. The minimum Gasteiger partial charge on any atom is -0.445 e. The number of nitrogens with one attached hydrogen (secondary N) is 2. The first-order valence-electron chi connectivity index (χ1n) is 7.91. The Balaban J connectivity index is 1.65. The van der Waals surface area contributed by atoms with E-state index in [0.29, 0.717) is 18.5 Å². The van der Waals surface area contributed by atoms with Crippen molar-refractivity contribution in [3.63, 3.8) is 0 Å². The predicted octanol–water partition coefficient (Wildman–Crippen LogP) is 2.62. The highest BCUT2D eigenvalue weighted by molar-refractivity contribution is 5.93. The van der Waals surface area contributed by atoms with Gasteiger partial charge in [0.25, 0.3) is 5.91 Å². The number of alkyl carbamates (subject to hydrolysis) is 1. The predicted molar refractivity (Wildman–Crippen MR) is 96.4 cm³/mol. The number of hydrazine groups is 1. The van der Waals surface area contributed by atoms with Gasteiger partial charge < -0.3 is 10.1 Å². The molecule has 0 bridgehead atoms. The summed E-state index contributed by atoms with van der Waals surface area (Å²) in [5.74, 6) is 4.75. The van der Waals surface area contributed by atoms with Crippen LogP contribution in [0.4, 0.5) is 4.79 Å². The average molecular weight is 339 g/mol. The van der Waals surface area contributed by atoms with Gasteiger partial charge in [-0.3, -0.25) is 10.2 Å². The van der Waals surface area contributed by atoms with Gasteiger partial charge in [-0.05, 0) is 29.7 Å². The summed E-state index contributed by atoms with van der Waals surface area (Å²) in [4.78, 5) is 22.9. The van der Waals surface area contributed by atoms with E-state index < -0.39 is 6.09 Å². The molecule has 0 saturated carbocycles. The number of nitrogens with two attached hydrogens (primary N) is 1. The number of rotatable bonds is 7. The Labute approximate surface area is 146 Å². The fourth-order valence-corrected chi connectivity index (χ4v) is 2.08. The van der Waals surface area contributed by atoms with Crippen LogP contribution in [-0.2, 0) is 11.3 Å². The first-order valence-corrected chi connectivity index (χ1v) is 7.91. The van der Waals surface area contributed by atoms with Crippen molar-refractivity contribution < 1.29 is 14.3 Å². The van der Waals surface area contributed by atoms with Crippen LogP contribution in [0.1, 0.15) is 27.9 Å². The number of hydrogen-bond donors (Lipinski definition) is 3. The van der Waals surface area contributed by atoms with E-state index in [1.807, 2.05) is 54.6 Å². The van der Waals surface area contributed by atoms with Crippen LogP contribution in [0.5, 0.6) is 0 Å². The van der Waals surface area contributed by atoms with Gasteiger partial charge in [0.15, 0.2) is 0 Å². The molecule has 0 aliphatic heterocycles. The van der Waals surface area contributed by atoms with Crippen molar-refractivity contribution in [3.8, 4) is 0 Å². The topological polar surface area (TPSA) is 93.5 Å². The highest BCUT2D eigenvalue weighted by Crippen LogP contribution is 2.06. The maximum Gasteiger partial charge on any atom is 0.407 e. The van der Waals surface area contributed by atoms with E-state index in [0.717, 1.165) is 11.1 Å². The van der Waals surface area contributed by atoms with Crippen LogP contribution in [0.25, 0.3) is 6.08 Å². The largest absolute Gasteiger partial charge is 0.445 e. The Bertz CT molecular complexity index is 712. The van der Waals surface area contributed by atoms with Crippen molar-refractivity contribution in [1.82, 2.24) is 10.7 Å². The summed E-state index contributed by atoms with van der Waals surface area (Å²) in [5.41, 5.74) is 4.49. The molecule has 6 heteroatoms. The fraction of sp³-hybridized carbons (Fsp3) is 0.158. The maximum absolute atomic E-state index is 11.6. The molecule has 0 atom stereocenters. The number of carbonyl (C=O) groups excluding carboxylic acids is 2. The molecular weight excluding hydrogens is 318 g/mol. The minimum absolute atomic E-state index is 0.255. The third kappa shape index (κ3) is 6.48. The lowest BCUT2D eigenvalue weighted by Crippen LogP contribution is -2.29. The normalized spacial score (nSPS) is 10.4. The van der Waals surface area contributed by atoms with E-state index in [-0.39, 0.29) is 12.5 Å². The Hall–Kier alpha value is -3.12. The van der Waals surface area contributed by atoms with E-state index in [1.165, 1.54) is 0 Å². The Morgan fingerprint density at radius 2 is 1.76 bits per heavy atom. The third-order valence-corrected chi connectivity index (χ3v) is 3.41. The summed E-state index contributed by atoms with van der Waals surface area (Å²) in [6.45, 7) is 0.739. The van der Waals surface area contributed by atoms with Gasteiger partial charge in [0, 0.05) is 12.1 Å². The molecule has 0 heterocycles. The highest BCUT2D eigenvalue weighted by Gasteiger charge is 2.02. The smallest absolute Gasteiger partial charge is 0.407 e. The van der Waals surface area contributed by atoms with Gasteiger partial charge in [-0.25, -0.2) is 10.6 Å². The van der Waals surface area contributed by atoms with Gasteiger partial charge in [0.1, 0.15) is 6.61 Å². The first kappa shape index (κ1) is 18.2. The fourth-order valence-electron chi connectivity index (χ4n) is 2.08. The zero-order valence-electron chi connectivity index (χ0n) is 13.8. The third-order valence-electron chi connectivity index (χ3n) is 3.41. The zero-order chi connectivity index (χ0) is 17.9. The standard InChI is InChI=1S/C19H21N3O3/c20-22-18(23)17-11-9-15(10-12-17)6-4-5-13-21-19(24)25-14-16-7-2-1-3-8-16/h1-4,6-12H,5,13-14,20H2,(H,21,24)(H,22,23). The van der Waals surface area contributed by atoms with Crippen LogP contribution in [0.15, 0.2) is 60.7 Å². The van der Waals surface area contributed by atoms with Gasteiger partial charge in [-0.1, -0.05) is 54.6 Å². The van der Waals surface area contributed by atoms with E-state index >= 15 is 0 Å². The van der Waals surface area contributed by atoms with Crippen LogP contribution in [0.2, 0.25) is 0 Å². The summed E-state index contributed by atoms with van der Waals surface area (Å²) in [6.07, 6.45) is 4.09. The Kier molecular flexibility index (Phi) is 7.21. The molecule has 25 heavy (non-hydrogen) atoms. The molecule has 4 N–H and O–H groups in total. The molecule has 0 aliphatic rings. The van der Waals surface area contributed by atoms with Gasteiger partial charge in [0.05, 0.1) is 0 Å². The van der Waals surface area contributed by atoms with Crippen molar-refractivity contribution in [1.29, 1.82) is 0 Å². The van der Waals surface area contributed by atoms with Gasteiger partial charge >= 0.3 is 6.09 Å². The van der Waals surface area contributed by atoms with Crippen molar-refractivity contribution in [2.45, 2.75) is 13.0 Å². The van der Waals surface area contributed by atoms with Crippen LogP contribution in [-0.4, -0.2) is 18.5 Å². The molecule has 2 amide bonds. The monoisotopic (exact) mass is 339 g/mol. The second-order valence-electron chi connectivity index (χ2n) is 5.28. The van der Waals surface area contributed by atoms with Crippen molar-refractivity contribution >= 4 is 18.1 Å². The van der Waals surface area contributed by atoms with Crippen LogP contribution in [0, 0.1) is 0 Å². The number of carbonyl (C=O) groups is 2. The van der Waals surface area contributed by atoms with E-state index in [9.17, 15) is 9.59 Å². The summed E-state index contributed by atoms with van der Waals surface area (Å²) >= 11 is 0. The molecule has 0 radical (unpaired) electrons. The molecule has 0 unspecified atom stereocenters. The lowest BCUT2D eigenvalue weighted by atomic mass is 10.1. The molecule has 2 aromatic rings. The molecule has 0 spiro atoms. The lowest BCUT2D eigenvalue weighted by Gasteiger charge is -2.05. The minimum atomic E-state index is -0.436. The second kappa shape index (κ2) is 9.89. The number of hydrogen-bond acceptors (Lipinski definition) is 4. The molecule has 2 aromatic carbocycles. The van der Waals surface area contributed by atoms with Gasteiger partial charge in [-0.15, -0.1) is 0 Å². The molecule has 0 saturated heterocycles. The first-order chi connectivity index (χ1) is 12.2. The Morgan fingerprint density at radius 3 is 2.44 bits per heavy atom. The van der Waals surface area contributed by atoms with Crippen LogP contribution >= 0.6 is 0 Å². The average Bonchev–Trinajstić information content (AvgIpc) is 2.67. The zero-order valence-corrected chi connectivity index (χ0v) is 13.8. The SMILES string of the molecule is NNC(=O)c1ccc(C=CCCNC(=O)OCc2ccccc2)cc1. The summed E-state index contributed by atoms with van der Waals surface area (Å²) in [7, 11) is 0. The number of amides is 2. The Morgan fingerprint density at radius 1 is 1.04 bits per heavy atom. The summed E-state index contributed by atoms with van der Waals surface area (Å²) < 4.78 is 5.12. The van der Waals surface area contributed by atoms with E-state index in [2.05, 4.69) is 10.7 Å². The summed E-state index contributed by atoms with van der Waals surface area (Å²) in [5, 5.41) is 2.69. The second-order valence-corrected chi connectivity index (χ2v) is 5.28. The molecule has 0 fully saturated rings. The highest BCUT2D eigenvalue weighted by atomic mass is 16.5. The van der Waals surface area contributed by atoms with E-state index in [4.69, 9.17) is 10.6 Å². The molecule has 0 aromatic heterocycles. The van der Waals surface area contributed by atoms with Gasteiger partial charge in [-0.2, -0.15) is 0 Å². The molecule has 6 nitrogen and oxygen atoms in total. The molecule has 130 valence electrons. The van der Waals surface area contributed by atoms with Gasteiger partial charge in [0.2, 0.25) is 0 Å². The van der Waals surface area contributed by atoms with E-state index in [1.54, 1.807) is 12.1 Å². The number of ether oxygens (including phenoxy) is 1. The quantitative estimate of drug-likeness (QED) is 0.313.